The number of nitrogens with one attached hydrogen (secondary N) is 2. The van der Waals surface area contributed by atoms with Crippen molar-refractivity contribution >= 4 is 52.5 Å². The number of nitriles is 1. The third-order valence-corrected chi connectivity index (χ3v) is 6.76. The molecule has 0 saturated carbocycles. The second-order valence-corrected chi connectivity index (χ2v) is 11.0. The molecule has 0 unspecified atom stereocenters. The lowest BCUT2D eigenvalue weighted by Crippen LogP contribution is -2.32. The first-order valence-electron chi connectivity index (χ1n) is 11.3. The number of ether oxygens (including phenoxy) is 2. The first-order chi connectivity index (χ1) is 17.4. The van der Waals surface area contributed by atoms with Gasteiger partial charge in [0.25, 0.3) is 0 Å². The Morgan fingerprint density at radius 2 is 1.78 bits per heavy atom. The van der Waals surface area contributed by atoms with E-state index in [-0.39, 0.29) is 11.7 Å². The minimum Gasteiger partial charge on any atom is -0.495 e. The van der Waals surface area contributed by atoms with Crippen LogP contribution < -0.4 is 15.4 Å². The minimum atomic E-state index is -0.722. The van der Waals surface area contributed by atoms with E-state index in [9.17, 15) is 14.9 Å². The molecule has 37 heavy (non-hydrogen) atoms. The average Bonchev–Trinajstić information content (AvgIpc) is 2.81. The van der Waals surface area contributed by atoms with Gasteiger partial charge < -0.3 is 20.1 Å². The number of nitrogens with zero attached hydrogens (tertiary/aromatic N) is 1. The van der Waals surface area contributed by atoms with E-state index in [1.54, 1.807) is 70.2 Å². The van der Waals surface area contributed by atoms with Crippen molar-refractivity contribution in [3.63, 3.8) is 0 Å². The highest BCUT2D eigenvalue weighted by atomic mass is 35.5. The van der Waals surface area contributed by atoms with E-state index in [1.165, 1.54) is 7.11 Å². The predicted molar refractivity (Wildman–Crippen MR) is 148 cm³/mol. The number of carbonyl (C=O) groups excluding carboxylic acids is 2. The summed E-state index contributed by atoms with van der Waals surface area (Å²) in [4.78, 5) is 26.0. The summed E-state index contributed by atoms with van der Waals surface area (Å²) in [6, 6.07) is 14.1. The number of halogens is 2. The molecule has 0 aliphatic carbocycles. The van der Waals surface area contributed by atoms with Gasteiger partial charge in [-0.1, -0.05) is 47.1 Å². The molecule has 1 aliphatic heterocycles. The zero-order chi connectivity index (χ0) is 27.3. The second-order valence-electron chi connectivity index (χ2n) is 9.19. The highest BCUT2D eigenvalue weighted by Gasteiger charge is 2.37. The number of anilines is 1. The van der Waals surface area contributed by atoms with E-state index < -0.39 is 17.5 Å². The molecule has 1 amide bonds. The van der Waals surface area contributed by atoms with E-state index in [4.69, 9.17) is 32.7 Å². The van der Waals surface area contributed by atoms with Crippen LogP contribution in [0.3, 0.4) is 0 Å². The summed E-state index contributed by atoms with van der Waals surface area (Å²) in [5.41, 5.74) is 1.58. The van der Waals surface area contributed by atoms with Crippen LogP contribution in [0.25, 0.3) is 0 Å². The normalized spacial score (nSPS) is 15.6. The van der Waals surface area contributed by atoms with Gasteiger partial charge in [-0.2, -0.15) is 5.26 Å². The molecule has 3 rings (SSSR count). The summed E-state index contributed by atoms with van der Waals surface area (Å²) >= 11 is 13.3. The fourth-order valence-electron chi connectivity index (χ4n) is 3.72. The molecular weight excluding hydrogens is 533 g/mol. The largest absolute Gasteiger partial charge is 0.495 e. The van der Waals surface area contributed by atoms with Gasteiger partial charge in [-0.05, 0) is 63.6 Å². The number of dihydropyridines is 1. The Morgan fingerprint density at radius 3 is 2.38 bits per heavy atom. The van der Waals surface area contributed by atoms with Gasteiger partial charge in [0.2, 0.25) is 5.91 Å². The van der Waals surface area contributed by atoms with Gasteiger partial charge in [0.1, 0.15) is 11.4 Å². The van der Waals surface area contributed by atoms with Crippen molar-refractivity contribution in [2.24, 2.45) is 0 Å². The molecule has 0 bridgehead atoms. The Labute approximate surface area is 230 Å². The summed E-state index contributed by atoms with van der Waals surface area (Å²) in [5.74, 6) is -1.08. The topological polar surface area (TPSA) is 100 Å². The molecule has 1 atom stereocenters. The number of amides is 1. The van der Waals surface area contributed by atoms with E-state index in [2.05, 4.69) is 16.7 Å². The van der Waals surface area contributed by atoms with Crippen molar-refractivity contribution in [2.75, 3.05) is 18.2 Å². The molecule has 1 heterocycles. The summed E-state index contributed by atoms with van der Waals surface area (Å²) in [6.45, 7) is 7.09. The number of hydrogen-bond donors (Lipinski definition) is 2. The van der Waals surface area contributed by atoms with Gasteiger partial charge >= 0.3 is 5.97 Å². The zero-order valence-corrected chi connectivity index (χ0v) is 23.4. The van der Waals surface area contributed by atoms with Gasteiger partial charge in [0, 0.05) is 15.7 Å². The number of esters is 1. The Hall–Kier alpha value is -3.12. The second kappa shape index (κ2) is 12.0. The molecule has 0 aromatic heterocycles. The van der Waals surface area contributed by atoms with E-state index in [1.807, 2.05) is 0 Å². The summed E-state index contributed by atoms with van der Waals surface area (Å²) < 4.78 is 10.9. The highest BCUT2D eigenvalue weighted by molar-refractivity contribution is 8.03. The van der Waals surface area contributed by atoms with Crippen LogP contribution >= 0.6 is 35.0 Å². The number of rotatable bonds is 7. The van der Waals surface area contributed by atoms with Crippen molar-refractivity contribution in [1.82, 2.24) is 5.32 Å². The SMILES string of the molecule is COc1ccc(Cl)cc1NC(=O)CSC1=C(C#N)[C@H](c2ccc(Cl)cc2)C(C(=O)OC(C)(C)C)=C(C)N1. The number of methoxy groups -OCH3 is 1. The van der Waals surface area contributed by atoms with E-state index >= 15 is 0 Å². The molecule has 0 spiro atoms. The highest BCUT2D eigenvalue weighted by Crippen LogP contribution is 2.41. The monoisotopic (exact) mass is 559 g/mol. The Kier molecular flexibility index (Phi) is 9.19. The first kappa shape index (κ1) is 28.5. The van der Waals surface area contributed by atoms with Crippen molar-refractivity contribution in [3.05, 3.63) is 79.9 Å². The summed E-state index contributed by atoms with van der Waals surface area (Å²) in [5, 5.41) is 17.6. The van der Waals surface area contributed by atoms with Crippen molar-refractivity contribution in [1.29, 1.82) is 5.26 Å². The third kappa shape index (κ3) is 7.22. The standard InChI is InChI=1S/C27H27Cl2N3O4S/c1-15-23(26(34)36-27(2,3)4)24(16-6-8-17(28)9-7-16)19(13-30)25(31-15)37-14-22(33)32-20-12-18(29)10-11-21(20)35-5/h6-12,24,31H,14H2,1-5H3,(H,32,33)/t24-/m0/s1. The van der Waals surface area contributed by atoms with Crippen molar-refractivity contribution in [2.45, 2.75) is 39.2 Å². The number of thioether (sulfide) groups is 1. The van der Waals surface area contributed by atoms with Crippen molar-refractivity contribution < 1.29 is 19.1 Å². The Balaban J connectivity index is 1.92. The maximum Gasteiger partial charge on any atom is 0.337 e. The van der Waals surface area contributed by atoms with Crippen LogP contribution in [0, 0.1) is 11.3 Å². The molecule has 2 N–H and O–H groups in total. The van der Waals surface area contributed by atoms with Gasteiger partial charge in [0.15, 0.2) is 0 Å². The third-order valence-electron chi connectivity index (χ3n) is 5.25. The minimum absolute atomic E-state index is 0.00836. The molecule has 194 valence electrons. The quantitative estimate of drug-likeness (QED) is 0.378. The Bertz CT molecular complexity index is 1310. The van der Waals surface area contributed by atoms with Crippen LogP contribution in [0.2, 0.25) is 10.0 Å². The average molecular weight is 561 g/mol. The molecule has 10 heteroatoms. The first-order valence-corrected chi connectivity index (χ1v) is 13.0. The summed E-state index contributed by atoms with van der Waals surface area (Å²) in [6.07, 6.45) is 0. The van der Waals surface area contributed by atoms with Crippen LogP contribution in [0.1, 0.15) is 39.2 Å². The smallest absolute Gasteiger partial charge is 0.337 e. The van der Waals surface area contributed by atoms with E-state index in [0.29, 0.717) is 48.9 Å². The molecule has 2 aromatic rings. The number of carbonyl (C=O) groups is 2. The van der Waals surface area contributed by atoms with Gasteiger partial charge in [0.05, 0.1) is 46.7 Å². The fraction of sp³-hybridized carbons (Fsp3) is 0.296. The van der Waals surface area contributed by atoms with E-state index in [0.717, 1.165) is 11.8 Å². The lowest BCUT2D eigenvalue weighted by Gasteiger charge is -2.31. The lowest BCUT2D eigenvalue weighted by molar-refractivity contribution is -0.150. The summed E-state index contributed by atoms with van der Waals surface area (Å²) in [7, 11) is 1.50. The fourth-order valence-corrected chi connectivity index (χ4v) is 4.91. The molecule has 0 fully saturated rings. The number of benzene rings is 2. The lowest BCUT2D eigenvalue weighted by atomic mass is 9.82. The van der Waals surface area contributed by atoms with Gasteiger partial charge in [-0.3, -0.25) is 4.79 Å². The van der Waals surface area contributed by atoms with Crippen LogP contribution in [0.15, 0.2) is 64.3 Å². The van der Waals surface area contributed by atoms with Crippen molar-refractivity contribution in [3.8, 4) is 11.8 Å². The van der Waals surface area contributed by atoms with Gasteiger partial charge in [-0.25, -0.2) is 4.79 Å². The molecule has 2 aromatic carbocycles. The maximum absolute atomic E-state index is 13.2. The predicted octanol–water partition coefficient (Wildman–Crippen LogP) is 6.41. The van der Waals surface area contributed by atoms with Crippen LogP contribution in [0.5, 0.6) is 5.75 Å². The molecule has 0 radical (unpaired) electrons. The molecular formula is C27H27Cl2N3O4S. The zero-order valence-electron chi connectivity index (χ0n) is 21.1. The molecule has 0 saturated heterocycles. The van der Waals surface area contributed by atoms with Crippen LogP contribution in [-0.4, -0.2) is 30.3 Å². The van der Waals surface area contributed by atoms with Crippen LogP contribution in [-0.2, 0) is 14.3 Å². The maximum atomic E-state index is 13.2. The van der Waals surface area contributed by atoms with Gasteiger partial charge in [-0.15, -0.1) is 0 Å². The van der Waals surface area contributed by atoms with Crippen LogP contribution in [0.4, 0.5) is 5.69 Å². The number of allylic oxidation sites excluding steroid dienone is 2. The number of hydrogen-bond acceptors (Lipinski definition) is 7. The Morgan fingerprint density at radius 1 is 1.14 bits per heavy atom. The molecule has 1 aliphatic rings. The molecule has 7 nitrogen and oxygen atoms in total.